The van der Waals surface area contributed by atoms with Crippen LogP contribution in [-0.2, 0) is 16.6 Å². The molecular weight excluding hydrogens is 338 g/mol. The summed E-state index contributed by atoms with van der Waals surface area (Å²) in [5.74, 6) is -0.344. The fourth-order valence-electron chi connectivity index (χ4n) is 2.55. The van der Waals surface area contributed by atoms with Crippen molar-refractivity contribution in [3.8, 4) is 5.75 Å². The lowest BCUT2D eigenvalue weighted by Gasteiger charge is -2.29. The minimum Gasteiger partial charge on any atom is -0.494 e. The number of benzene rings is 1. The van der Waals surface area contributed by atoms with Crippen molar-refractivity contribution in [2.45, 2.75) is 6.92 Å². The number of thiocarbonyl (C=S) groups is 1. The van der Waals surface area contributed by atoms with Gasteiger partial charge in [-0.2, -0.15) is 0 Å². The van der Waals surface area contributed by atoms with E-state index in [1.165, 1.54) is 4.90 Å². The van der Waals surface area contributed by atoms with E-state index in [1.54, 1.807) is 30.3 Å². The van der Waals surface area contributed by atoms with Crippen molar-refractivity contribution in [2.75, 3.05) is 11.5 Å². The second-order valence-corrected chi connectivity index (χ2v) is 5.89. The number of nitrogens with zero attached hydrogens (tertiary/aromatic N) is 2. The Labute approximate surface area is 150 Å². The van der Waals surface area contributed by atoms with Gasteiger partial charge in [0.05, 0.1) is 12.3 Å². The Morgan fingerprint density at radius 3 is 2.76 bits per heavy atom. The maximum atomic E-state index is 12.9. The van der Waals surface area contributed by atoms with E-state index >= 15 is 0 Å². The van der Waals surface area contributed by atoms with Gasteiger partial charge in [0.1, 0.15) is 11.3 Å². The maximum Gasteiger partial charge on any atom is 0.270 e. The Morgan fingerprint density at radius 1 is 1.28 bits per heavy atom. The highest BCUT2D eigenvalue weighted by Crippen LogP contribution is 2.25. The van der Waals surface area contributed by atoms with Crippen molar-refractivity contribution in [3.63, 3.8) is 0 Å². The molecule has 6 nitrogen and oxygen atoms in total. The molecule has 0 unspecified atom stereocenters. The zero-order chi connectivity index (χ0) is 18.0. The molecule has 0 saturated carbocycles. The molecule has 0 spiro atoms. The molecule has 1 aromatic heterocycles. The molecule has 1 fully saturated rings. The number of rotatable bonds is 4. The summed E-state index contributed by atoms with van der Waals surface area (Å²) >= 11 is 5.19. The van der Waals surface area contributed by atoms with Gasteiger partial charge in [0.15, 0.2) is 5.11 Å². The topological polar surface area (TPSA) is 63.6 Å². The number of amides is 2. The number of carbonyl (C=O) groups is 2. The molecule has 1 aliphatic heterocycles. The van der Waals surface area contributed by atoms with E-state index < -0.39 is 11.8 Å². The SMILES string of the molecule is CCOc1cccc(N2C(=O)/C(=C\c3ccn(C)c3)C(=O)NC2=S)c1. The molecule has 2 heterocycles. The first-order valence-electron chi connectivity index (χ1n) is 7.76. The number of hydrogen-bond donors (Lipinski definition) is 1. The Morgan fingerprint density at radius 2 is 2.08 bits per heavy atom. The van der Waals surface area contributed by atoms with Crippen LogP contribution < -0.4 is 15.0 Å². The number of anilines is 1. The van der Waals surface area contributed by atoms with Crippen LogP contribution in [0, 0.1) is 0 Å². The fraction of sp³-hybridized carbons (Fsp3) is 0.167. The van der Waals surface area contributed by atoms with Gasteiger partial charge in [-0.1, -0.05) is 6.07 Å². The van der Waals surface area contributed by atoms with Crippen LogP contribution in [0.1, 0.15) is 12.5 Å². The Balaban J connectivity index is 1.98. The van der Waals surface area contributed by atoms with Gasteiger partial charge in [-0.15, -0.1) is 0 Å². The first-order chi connectivity index (χ1) is 12.0. The van der Waals surface area contributed by atoms with Crippen molar-refractivity contribution in [3.05, 3.63) is 53.9 Å². The highest BCUT2D eigenvalue weighted by Gasteiger charge is 2.34. The van der Waals surface area contributed by atoms with E-state index in [0.29, 0.717) is 18.0 Å². The van der Waals surface area contributed by atoms with Gasteiger partial charge < -0.3 is 9.30 Å². The van der Waals surface area contributed by atoms with Gasteiger partial charge in [-0.25, -0.2) is 0 Å². The largest absolute Gasteiger partial charge is 0.494 e. The first kappa shape index (κ1) is 16.9. The third-order valence-electron chi connectivity index (χ3n) is 3.65. The lowest BCUT2D eigenvalue weighted by molar-refractivity contribution is -0.122. The monoisotopic (exact) mass is 355 g/mol. The van der Waals surface area contributed by atoms with Crippen LogP contribution in [0.25, 0.3) is 6.08 Å². The third-order valence-corrected chi connectivity index (χ3v) is 3.94. The van der Waals surface area contributed by atoms with Crippen LogP contribution in [0.2, 0.25) is 0 Å². The quantitative estimate of drug-likeness (QED) is 0.519. The molecule has 7 heteroatoms. The number of nitrogens with one attached hydrogen (secondary N) is 1. The molecule has 0 bridgehead atoms. The van der Waals surface area contributed by atoms with Crippen molar-refractivity contribution in [1.82, 2.24) is 9.88 Å². The molecule has 2 amide bonds. The summed E-state index contributed by atoms with van der Waals surface area (Å²) in [5, 5.41) is 2.62. The van der Waals surface area contributed by atoms with Crippen LogP contribution in [0.3, 0.4) is 0 Å². The average Bonchev–Trinajstić information content (AvgIpc) is 2.97. The summed E-state index contributed by atoms with van der Waals surface area (Å²) in [4.78, 5) is 26.4. The minimum atomic E-state index is -0.504. The van der Waals surface area contributed by atoms with Crippen molar-refractivity contribution in [2.24, 2.45) is 7.05 Å². The van der Waals surface area contributed by atoms with E-state index in [4.69, 9.17) is 17.0 Å². The summed E-state index contributed by atoms with van der Waals surface area (Å²) in [6, 6.07) is 8.84. The maximum absolute atomic E-state index is 12.9. The van der Waals surface area contributed by atoms with Gasteiger partial charge in [-0.05, 0) is 49.0 Å². The molecule has 128 valence electrons. The molecule has 25 heavy (non-hydrogen) atoms. The van der Waals surface area contributed by atoms with E-state index in [0.717, 1.165) is 5.56 Å². The van der Waals surface area contributed by atoms with E-state index in [2.05, 4.69) is 5.32 Å². The fourth-order valence-corrected chi connectivity index (χ4v) is 2.83. The van der Waals surface area contributed by atoms with Crippen LogP contribution in [0.4, 0.5) is 5.69 Å². The Hall–Kier alpha value is -2.93. The van der Waals surface area contributed by atoms with Crippen LogP contribution in [0.5, 0.6) is 5.75 Å². The second-order valence-electron chi connectivity index (χ2n) is 5.50. The molecule has 1 aliphatic rings. The van der Waals surface area contributed by atoms with Gasteiger partial charge in [0, 0.05) is 25.5 Å². The van der Waals surface area contributed by atoms with Gasteiger partial charge in [0.25, 0.3) is 11.8 Å². The highest BCUT2D eigenvalue weighted by atomic mass is 32.1. The Bertz CT molecular complexity index is 885. The summed E-state index contributed by atoms with van der Waals surface area (Å²) in [6.07, 6.45) is 5.21. The van der Waals surface area contributed by atoms with Gasteiger partial charge >= 0.3 is 0 Å². The molecule has 3 rings (SSSR count). The lowest BCUT2D eigenvalue weighted by Crippen LogP contribution is -2.54. The molecule has 1 aromatic carbocycles. The number of hydrogen-bond acceptors (Lipinski definition) is 4. The molecule has 0 radical (unpaired) electrons. The Kier molecular flexibility index (Phi) is 4.67. The molecular formula is C18H17N3O3S. The molecule has 2 aromatic rings. The number of carbonyl (C=O) groups excluding carboxylic acids is 2. The average molecular weight is 355 g/mol. The number of aromatic nitrogens is 1. The second kappa shape index (κ2) is 6.90. The molecule has 0 aliphatic carbocycles. The van der Waals surface area contributed by atoms with Crippen molar-refractivity contribution >= 4 is 40.9 Å². The summed E-state index contributed by atoms with van der Waals surface area (Å²) in [6.45, 7) is 2.39. The normalized spacial score (nSPS) is 16.3. The highest BCUT2D eigenvalue weighted by molar-refractivity contribution is 7.80. The van der Waals surface area contributed by atoms with Gasteiger partial charge in [-0.3, -0.25) is 19.8 Å². The van der Waals surface area contributed by atoms with Crippen LogP contribution in [-0.4, -0.2) is 28.1 Å². The van der Waals surface area contributed by atoms with Crippen molar-refractivity contribution < 1.29 is 14.3 Å². The smallest absolute Gasteiger partial charge is 0.270 e. The zero-order valence-electron chi connectivity index (χ0n) is 13.9. The van der Waals surface area contributed by atoms with Gasteiger partial charge in [0.2, 0.25) is 0 Å². The standard InChI is InChI=1S/C18H17N3O3S/c1-3-24-14-6-4-5-13(10-14)21-17(23)15(16(22)19-18(21)25)9-12-7-8-20(2)11-12/h4-11H,3H2,1-2H3,(H,19,22,25)/b15-9-. The van der Waals surface area contributed by atoms with Crippen LogP contribution in [0.15, 0.2) is 48.3 Å². The number of ether oxygens (including phenoxy) is 1. The predicted molar refractivity (Wildman–Crippen MR) is 99.2 cm³/mol. The van der Waals surface area contributed by atoms with Crippen LogP contribution >= 0.6 is 12.2 Å². The predicted octanol–water partition coefficient (Wildman–Crippen LogP) is 2.26. The lowest BCUT2D eigenvalue weighted by atomic mass is 10.1. The zero-order valence-corrected chi connectivity index (χ0v) is 14.7. The van der Waals surface area contributed by atoms with Crippen molar-refractivity contribution in [1.29, 1.82) is 0 Å². The minimum absolute atomic E-state index is 0.0293. The van der Waals surface area contributed by atoms with E-state index in [-0.39, 0.29) is 10.7 Å². The summed E-state index contributed by atoms with van der Waals surface area (Å²) in [7, 11) is 1.87. The summed E-state index contributed by atoms with van der Waals surface area (Å²) in [5.41, 5.74) is 1.33. The van der Waals surface area contributed by atoms with E-state index in [9.17, 15) is 9.59 Å². The molecule has 0 atom stereocenters. The third kappa shape index (κ3) is 3.46. The summed E-state index contributed by atoms with van der Waals surface area (Å²) < 4.78 is 7.31. The van der Waals surface area contributed by atoms with E-state index in [1.807, 2.05) is 37.0 Å². The molecule has 1 saturated heterocycles. The first-order valence-corrected chi connectivity index (χ1v) is 8.16. The molecule has 1 N–H and O–H groups in total. The number of aryl methyl sites for hydroxylation is 1.